The van der Waals surface area contributed by atoms with Gasteiger partial charge in [0, 0.05) is 0 Å². The Morgan fingerprint density at radius 1 is 1.17 bits per heavy atom. The Hall–Kier alpha value is -2.12. The number of nitrogens with one attached hydrogen (secondary N) is 1. The van der Waals surface area contributed by atoms with E-state index in [1.165, 1.54) is 0 Å². The van der Waals surface area contributed by atoms with Crippen LogP contribution in [0, 0.1) is 0 Å². The molecule has 0 fully saturated rings. The molecule has 0 aliphatic rings. The maximum Gasteiger partial charge on any atom is 0.408 e. The van der Waals surface area contributed by atoms with Gasteiger partial charge in [0.25, 0.3) is 5.82 Å². The SMILES string of the molecule is CC.CC.CCOC(=O)c1noc(C(C)NC(=O)OC(C)C)n1. The van der Waals surface area contributed by atoms with Crippen LogP contribution in [0.5, 0.6) is 0 Å². The molecule has 0 aromatic carbocycles. The summed E-state index contributed by atoms with van der Waals surface area (Å²) in [6.45, 7) is 15.0. The number of nitrogens with zero attached hydrogens (tertiary/aromatic N) is 2. The molecule has 0 spiro atoms. The molecule has 1 heterocycles. The summed E-state index contributed by atoms with van der Waals surface area (Å²) in [5, 5.41) is 5.97. The lowest BCUT2D eigenvalue weighted by Gasteiger charge is -2.12. The number of aromatic nitrogens is 2. The molecular weight excluding hydrogens is 302 g/mol. The van der Waals surface area contributed by atoms with E-state index in [4.69, 9.17) is 14.0 Å². The largest absolute Gasteiger partial charge is 0.460 e. The molecule has 0 radical (unpaired) electrons. The lowest BCUT2D eigenvalue weighted by atomic mass is 10.3. The number of amides is 1. The van der Waals surface area contributed by atoms with Crippen molar-refractivity contribution in [2.45, 2.75) is 67.5 Å². The van der Waals surface area contributed by atoms with E-state index in [9.17, 15) is 9.59 Å². The summed E-state index contributed by atoms with van der Waals surface area (Å²) in [6.07, 6.45) is -0.830. The topological polar surface area (TPSA) is 104 Å². The molecule has 134 valence electrons. The van der Waals surface area contributed by atoms with Crippen molar-refractivity contribution >= 4 is 12.1 Å². The minimum absolute atomic E-state index is 0.101. The van der Waals surface area contributed by atoms with Gasteiger partial charge in [0.15, 0.2) is 0 Å². The van der Waals surface area contributed by atoms with Gasteiger partial charge in [-0.2, -0.15) is 4.98 Å². The molecule has 0 bridgehead atoms. The molecule has 1 rings (SSSR count). The average Bonchev–Trinajstić information content (AvgIpc) is 3.01. The Balaban J connectivity index is 0. The summed E-state index contributed by atoms with van der Waals surface area (Å²) in [7, 11) is 0. The molecule has 23 heavy (non-hydrogen) atoms. The van der Waals surface area contributed by atoms with Gasteiger partial charge in [-0.15, -0.1) is 0 Å². The van der Waals surface area contributed by atoms with Crippen LogP contribution in [0.1, 0.15) is 77.9 Å². The predicted octanol–water partition coefficient (Wildman–Crippen LogP) is 3.49. The Bertz CT molecular complexity index is 446. The molecule has 1 atom stereocenters. The van der Waals surface area contributed by atoms with Crippen molar-refractivity contribution in [3.8, 4) is 0 Å². The zero-order chi connectivity index (χ0) is 18.4. The number of esters is 1. The molecule has 0 aliphatic carbocycles. The minimum Gasteiger partial charge on any atom is -0.460 e. The molecule has 1 aromatic rings. The maximum absolute atomic E-state index is 11.4. The Kier molecular flexibility index (Phi) is 13.6. The molecule has 0 saturated carbocycles. The first kappa shape index (κ1) is 23.2. The molecule has 8 nitrogen and oxygen atoms in total. The van der Waals surface area contributed by atoms with Gasteiger partial charge >= 0.3 is 12.1 Å². The third kappa shape index (κ3) is 9.49. The number of hydrogen-bond donors (Lipinski definition) is 1. The van der Waals surface area contributed by atoms with Gasteiger partial charge in [0.1, 0.15) is 6.04 Å². The standard InChI is InChI=1S/C11H17N3O5.2C2H6/c1-5-17-10(15)8-13-9(19-14-8)7(4)12-11(16)18-6(2)3;2*1-2/h6-7H,5H2,1-4H3,(H,12,16);2*1-2H3. The fraction of sp³-hybridized carbons (Fsp3) is 0.733. The predicted molar refractivity (Wildman–Crippen MR) is 86.1 cm³/mol. The fourth-order valence-corrected chi connectivity index (χ4v) is 1.18. The van der Waals surface area contributed by atoms with Crippen molar-refractivity contribution in [3.63, 3.8) is 0 Å². The lowest BCUT2D eigenvalue weighted by molar-refractivity contribution is 0.0508. The number of alkyl carbamates (subject to hydrolysis) is 1. The van der Waals surface area contributed by atoms with Gasteiger partial charge in [-0.1, -0.05) is 27.7 Å². The van der Waals surface area contributed by atoms with E-state index in [-0.39, 0.29) is 24.4 Å². The van der Waals surface area contributed by atoms with Crippen LogP contribution >= 0.6 is 0 Å². The lowest BCUT2D eigenvalue weighted by Crippen LogP contribution is -2.29. The highest BCUT2D eigenvalue weighted by atomic mass is 16.6. The summed E-state index contributed by atoms with van der Waals surface area (Å²) in [5.74, 6) is -0.749. The van der Waals surface area contributed by atoms with Crippen molar-refractivity contribution in [1.82, 2.24) is 15.5 Å². The maximum atomic E-state index is 11.4. The van der Waals surface area contributed by atoms with Gasteiger partial charge in [0.05, 0.1) is 12.7 Å². The molecule has 1 amide bonds. The second-order valence-electron chi connectivity index (χ2n) is 4.00. The smallest absolute Gasteiger partial charge is 0.408 e. The van der Waals surface area contributed by atoms with E-state index in [2.05, 4.69) is 15.5 Å². The third-order valence-electron chi connectivity index (χ3n) is 1.95. The summed E-state index contributed by atoms with van der Waals surface area (Å²) >= 11 is 0. The summed E-state index contributed by atoms with van der Waals surface area (Å²) < 4.78 is 14.5. The number of ether oxygens (including phenoxy) is 2. The quantitative estimate of drug-likeness (QED) is 0.823. The number of hydrogen-bond acceptors (Lipinski definition) is 7. The van der Waals surface area contributed by atoms with Crippen LogP contribution in [0.4, 0.5) is 4.79 Å². The number of rotatable bonds is 5. The first-order valence-corrected chi connectivity index (χ1v) is 7.91. The van der Waals surface area contributed by atoms with Gasteiger partial charge in [-0.25, -0.2) is 9.59 Å². The van der Waals surface area contributed by atoms with Crippen LogP contribution in [-0.2, 0) is 9.47 Å². The van der Waals surface area contributed by atoms with Crippen LogP contribution < -0.4 is 5.32 Å². The molecular formula is C15H29N3O5. The highest BCUT2D eigenvalue weighted by molar-refractivity contribution is 5.84. The van der Waals surface area contributed by atoms with Crippen molar-refractivity contribution < 1.29 is 23.6 Å². The van der Waals surface area contributed by atoms with E-state index >= 15 is 0 Å². The minimum atomic E-state index is -0.672. The van der Waals surface area contributed by atoms with E-state index in [0.717, 1.165) is 0 Å². The van der Waals surface area contributed by atoms with Gasteiger partial charge in [-0.05, 0) is 32.9 Å². The van der Waals surface area contributed by atoms with Crippen molar-refractivity contribution in [2.75, 3.05) is 6.61 Å². The van der Waals surface area contributed by atoms with Gasteiger partial charge in [0.2, 0.25) is 5.89 Å². The van der Waals surface area contributed by atoms with Crippen molar-refractivity contribution in [1.29, 1.82) is 0 Å². The second kappa shape index (κ2) is 13.5. The Morgan fingerprint density at radius 2 is 1.74 bits per heavy atom. The van der Waals surface area contributed by atoms with E-state index in [1.54, 1.807) is 27.7 Å². The molecule has 0 saturated heterocycles. The average molecular weight is 331 g/mol. The first-order valence-electron chi connectivity index (χ1n) is 7.91. The van der Waals surface area contributed by atoms with E-state index in [1.807, 2.05) is 27.7 Å². The second-order valence-corrected chi connectivity index (χ2v) is 4.00. The number of carbonyl (C=O) groups is 2. The zero-order valence-electron chi connectivity index (χ0n) is 15.3. The normalized spacial score (nSPS) is 10.5. The molecule has 1 unspecified atom stereocenters. The monoisotopic (exact) mass is 331 g/mol. The van der Waals surface area contributed by atoms with Crippen LogP contribution in [0.15, 0.2) is 4.52 Å². The van der Waals surface area contributed by atoms with Crippen LogP contribution in [-0.4, -0.2) is 34.9 Å². The summed E-state index contributed by atoms with van der Waals surface area (Å²) in [5.41, 5.74) is 0. The molecule has 1 aromatic heterocycles. The van der Waals surface area contributed by atoms with E-state index in [0.29, 0.717) is 0 Å². The molecule has 8 heteroatoms. The Labute approximate surface area is 137 Å². The zero-order valence-corrected chi connectivity index (χ0v) is 15.3. The molecule has 1 N–H and O–H groups in total. The van der Waals surface area contributed by atoms with Crippen LogP contribution in [0.2, 0.25) is 0 Å². The number of carbonyl (C=O) groups excluding carboxylic acids is 2. The Morgan fingerprint density at radius 3 is 2.22 bits per heavy atom. The van der Waals surface area contributed by atoms with Crippen LogP contribution in [0.3, 0.4) is 0 Å². The third-order valence-corrected chi connectivity index (χ3v) is 1.95. The van der Waals surface area contributed by atoms with Crippen molar-refractivity contribution in [2.24, 2.45) is 0 Å². The first-order chi connectivity index (χ1) is 10.9. The molecule has 0 aliphatic heterocycles. The van der Waals surface area contributed by atoms with Crippen molar-refractivity contribution in [3.05, 3.63) is 11.7 Å². The van der Waals surface area contributed by atoms with E-state index < -0.39 is 18.1 Å². The van der Waals surface area contributed by atoms with Gasteiger partial charge < -0.3 is 19.3 Å². The summed E-state index contributed by atoms with van der Waals surface area (Å²) in [6, 6.07) is -0.568. The van der Waals surface area contributed by atoms with Gasteiger partial charge in [-0.3, -0.25) is 0 Å². The highest BCUT2D eigenvalue weighted by Crippen LogP contribution is 2.10. The highest BCUT2D eigenvalue weighted by Gasteiger charge is 2.21. The van der Waals surface area contributed by atoms with Crippen LogP contribution in [0.25, 0.3) is 0 Å². The fourth-order valence-electron chi connectivity index (χ4n) is 1.18. The summed E-state index contributed by atoms with van der Waals surface area (Å²) in [4.78, 5) is 26.5.